The monoisotopic (exact) mass is 308 g/mol. The summed E-state index contributed by atoms with van der Waals surface area (Å²) in [5.74, 6) is 1.25. The number of likely N-dealkylation sites (tertiary alicyclic amines) is 1. The molecule has 2 heterocycles. The first-order chi connectivity index (χ1) is 10.5. The molecular formula is C15H20N2O5. The third-order valence-corrected chi connectivity index (χ3v) is 4.10. The number of carbonyl (C=O) groups is 1. The Morgan fingerprint density at radius 3 is 2.86 bits per heavy atom. The van der Waals surface area contributed by atoms with Crippen LogP contribution in [0.5, 0.6) is 11.5 Å². The van der Waals surface area contributed by atoms with Crippen molar-refractivity contribution in [1.82, 2.24) is 4.90 Å². The average Bonchev–Trinajstić information content (AvgIpc) is 2.83. The van der Waals surface area contributed by atoms with Crippen LogP contribution < -0.4 is 14.8 Å². The summed E-state index contributed by atoms with van der Waals surface area (Å²) in [6.45, 7) is 2.75. The number of β-amino-alcohol motifs (C(OH)–C–C–N with tert-alkyl or cyclic N) is 1. The van der Waals surface area contributed by atoms with Crippen LogP contribution in [0.2, 0.25) is 0 Å². The van der Waals surface area contributed by atoms with Gasteiger partial charge in [0.15, 0.2) is 11.5 Å². The topological polar surface area (TPSA) is 91.3 Å². The fourth-order valence-corrected chi connectivity index (χ4v) is 2.90. The van der Waals surface area contributed by atoms with Crippen molar-refractivity contribution in [2.24, 2.45) is 0 Å². The van der Waals surface area contributed by atoms with Gasteiger partial charge < -0.3 is 29.9 Å². The first-order valence-electron chi connectivity index (χ1n) is 7.29. The van der Waals surface area contributed by atoms with Gasteiger partial charge in [-0.3, -0.25) is 0 Å². The Morgan fingerprint density at radius 2 is 2.14 bits per heavy atom. The van der Waals surface area contributed by atoms with Crippen LogP contribution in [-0.4, -0.2) is 59.2 Å². The van der Waals surface area contributed by atoms with Crippen molar-refractivity contribution in [3.05, 3.63) is 18.2 Å². The number of rotatable bonds is 2. The molecule has 7 heteroatoms. The Balaban J connectivity index is 1.74. The van der Waals surface area contributed by atoms with Crippen molar-refractivity contribution in [2.45, 2.75) is 25.0 Å². The number of carbonyl (C=O) groups excluding carboxylic acids is 1. The molecule has 1 saturated heterocycles. The molecule has 2 amide bonds. The standard InChI is InChI=1S/C15H20N2O5/c1-15(9-18)7-11(19)8-17(15)14(20)16-10-2-3-12-13(6-10)22-5-4-21-12/h2-3,6,11,18-19H,4-5,7-9H2,1H3,(H,16,20). The van der Waals surface area contributed by atoms with Gasteiger partial charge in [-0.1, -0.05) is 0 Å². The fraction of sp³-hybridized carbons (Fsp3) is 0.533. The van der Waals surface area contributed by atoms with Gasteiger partial charge >= 0.3 is 6.03 Å². The molecule has 120 valence electrons. The largest absolute Gasteiger partial charge is 0.486 e. The highest BCUT2D eigenvalue weighted by molar-refractivity contribution is 5.90. The highest BCUT2D eigenvalue weighted by Gasteiger charge is 2.43. The molecule has 0 saturated carbocycles. The molecule has 2 unspecified atom stereocenters. The fourth-order valence-electron chi connectivity index (χ4n) is 2.90. The molecule has 0 bridgehead atoms. The molecule has 2 aliphatic heterocycles. The number of aliphatic hydroxyl groups excluding tert-OH is 2. The highest BCUT2D eigenvalue weighted by atomic mass is 16.6. The molecule has 22 heavy (non-hydrogen) atoms. The van der Waals surface area contributed by atoms with Crippen LogP contribution in [0.3, 0.4) is 0 Å². The van der Waals surface area contributed by atoms with Crippen LogP contribution in [0.25, 0.3) is 0 Å². The number of benzene rings is 1. The second-order valence-corrected chi connectivity index (χ2v) is 5.91. The summed E-state index contributed by atoms with van der Waals surface area (Å²) in [6.07, 6.45) is -0.263. The summed E-state index contributed by atoms with van der Waals surface area (Å²) in [4.78, 5) is 13.9. The van der Waals surface area contributed by atoms with Crippen molar-refractivity contribution < 1.29 is 24.5 Å². The number of nitrogens with zero attached hydrogens (tertiary/aromatic N) is 1. The van der Waals surface area contributed by atoms with Crippen LogP contribution in [-0.2, 0) is 0 Å². The van der Waals surface area contributed by atoms with Gasteiger partial charge in [0, 0.05) is 24.7 Å². The van der Waals surface area contributed by atoms with Gasteiger partial charge in [0.1, 0.15) is 13.2 Å². The van der Waals surface area contributed by atoms with Crippen molar-refractivity contribution in [3.8, 4) is 11.5 Å². The maximum Gasteiger partial charge on any atom is 0.322 e. The summed E-state index contributed by atoms with van der Waals surface area (Å²) in [5, 5.41) is 22.1. The molecule has 3 rings (SSSR count). The minimum Gasteiger partial charge on any atom is -0.486 e. The van der Waals surface area contributed by atoms with Crippen LogP contribution in [0, 0.1) is 0 Å². The number of amides is 2. The van der Waals surface area contributed by atoms with Crippen molar-refractivity contribution >= 4 is 11.7 Å². The Bertz CT molecular complexity index is 579. The van der Waals surface area contributed by atoms with Crippen LogP contribution in [0.4, 0.5) is 10.5 Å². The summed E-state index contributed by atoms with van der Waals surface area (Å²) >= 11 is 0. The maximum atomic E-state index is 12.4. The molecule has 0 spiro atoms. The van der Waals surface area contributed by atoms with Gasteiger partial charge in [-0.05, 0) is 19.1 Å². The summed E-state index contributed by atoms with van der Waals surface area (Å²) in [5.41, 5.74) is -0.173. The number of aliphatic hydroxyl groups is 2. The first kappa shape index (κ1) is 14.9. The van der Waals surface area contributed by atoms with Crippen LogP contribution in [0.1, 0.15) is 13.3 Å². The number of nitrogens with one attached hydrogen (secondary N) is 1. The molecule has 3 N–H and O–H groups in total. The van der Waals surface area contributed by atoms with Crippen LogP contribution in [0.15, 0.2) is 18.2 Å². The molecule has 2 atom stereocenters. The summed E-state index contributed by atoms with van der Waals surface area (Å²) in [6, 6.07) is 4.82. The van der Waals surface area contributed by atoms with E-state index >= 15 is 0 Å². The maximum absolute atomic E-state index is 12.4. The molecule has 7 nitrogen and oxygen atoms in total. The van der Waals surface area contributed by atoms with E-state index in [1.54, 1.807) is 25.1 Å². The smallest absolute Gasteiger partial charge is 0.322 e. The van der Waals surface area contributed by atoms with E-state index in [1.165, 1.54) is 4.90 Å². The number of hydrogen-bond donors (Lipinski definition) is 3. The molecule has 1 fully saturated rings. The van der Waals surface area contributed by atoms with E-state index in [9.17, 15) is 15.0 Å². The normalized spacial score (nSPS) is 26.9. The zero-order chi connectivity index (χ0) is 15.7. The van der Waals surface area contributed by atoms with Crippen molar-refractivity contribution in [1.29, 1.82) is 0 Å². The molecule has 1 aromatic rings. The Morgan fingerprint density at radius 1 is 1.41 bits per heavy atom. The summed E-state index contributed by atoms with van der Waals surface area (Å²) in [7, 11) is 0. The molecular weight excluding hydrogens is 288 g/mol. The third kappa shape index (κ3) is 2.69. The lowest BCUT2D eigenvalue weighted by molar-refractivity contribution is 0.103. The number of anilines is 1. The van der Waals surface area contributed by atoms with Crippen molar-refractivity contribution in [3.63, 3.8) is 0 Å². The quantitative estimate of drug-likeness (QED) is 0.752. The predicted molar refractivity (Wildman–Crippen MR) is 79.3 cm³/mol. The lowest BCUT2D eigenvalue weighted by Gasteiger charge is -2.33. The van der Waals surface area contributed by atoms with Crippen molar-refractivity contribution in [2.75, 3.05) is 31.7 Å². The number of fused-ring (bicyclic) bond motifs is 1. The van der Waals surface area contributed by atoms with Gasteiger partial charge in [-0.25, -0.2) is 4.79 Å². The van der Waals surface area contributed by atoms with Gasteiger partial charge in [0.2, 0.25) is 0 Å². The van der Waals surface area contributed by atoms with Gasteiger partial charge in [-0.2, -0.15) is 0 Å². The average molecular weight is 308 g/mol. The molecule has 0 radical (unpaired) electrons. The van der Waals surface area contributed by atoms with Crippen LogP contribution >= 0.6 is 0 Å². The highest BCUT2D eigenvalue weighted by Crippen LogP contribution is 2.34. The number of urea groups is 1. The number of hydrogen-bond acceptors (Lipinski definition) is 5. The number of ether oxygens (including phenoxy) is 2. The Hall–Kier alpha value is -1.99. The molecule has 0 aromatic heterocycles. The van der Waals surface area contributed by atoms with E-state index in [1.807, 2.05) is 0 Å². The second kappa shape index (κ2) is 5.66. The van der Waals surface area contributed by atoms with Gasteiger partial charge in [0.25, 0.3) is 0 Å². The second-order valence-electron chi connectivity index (χ2n) is 5.91. The lowest BCUT2D eigenvalue weighted by atomic mass is 10.00. The minimum absolute atomic E-state index is 0.196. The zero-order valence-electron chi connectivity index (χ0n) is 12.4. The Kier molecular flexibility index (Phi) is 3.84. The zero-order valence-corrected chi connectivity index (χ0v) is 12.4. The van der Waals surface area contributed by atoms with Gasteiger partial charge in [-0.15, -0.1) is 0 Å². The molecule has 1 aromatic carbocycles. The third-order valence-electron chi connectivity index (χ3n) is 4.10. The van der Waals surface area contributed by atoms with E-state index in [4.69, 9.17) is 9.47 Å². The lowest BCUT2D eigenvalue weighted by Crippen LogP contribution is -2.49. The SMILES string of the molecule is CC1(CO)CC(O)CN1C(=O)Nc1ccc2c(c1)OCCO2. The molecule has 0 aliphatic carbocycles. The van der Waals surface area contributed by atoms with E-state index in [0.717, 1.165) is 0 Å². The summed E-state index contributed by atoms with van der Waals surface area (Å²) < 4.78 is 10.9. The molecule has 2 aliphatic rings. The Labute approximate surface area is 128 Å². The van der Waals surface area contributed by atoms with E-state index in [-0.39, 0.29) is 19.2 Å². The van der Waals surface area contributed by atoms with E-state index in [0.29, 0.717) is 36.8 Å². The van der Waals surface area contributed by atoms with Gasteiger partial charge in [0.05, 0.1) is 18.2 Å². The minimum atomic E-state index is -0.753. The predicted octanol–water partition coefficient (Wildman–Crippen LogP) is 0.807. The first-order valence-corrected chi connectivity index (χ1v) is 7.29. The van der Waals surface area contributed by atoms with E-state index in [2.05, 4.69) is 5.32 Å². The van der Waals surface area contributed by atoms with E-state index < -0.39 is 11.6 Å².